The van der Waals surface area contributed by atoms with E-state index in [0.29, 0.717) is 5.92 Å². The fourth-order valence-electron chi connectivity index (χ4n) is 3.31. The molecule has 0 amide bonds. The van der Waals surface area contributed by atoms with Gasteiger partial charge in [0, 0.05) is 19.1 Å². The molecule has 3 heteroatoms. The van der Waals surface area contributed by atoms with Crippen molar-refractivity contribution in [3.8, 4) is 0 Å². The highest BCUT2D eigenvalue weighted by atomic mass is 16.5. The van der Waals surface area contributed by atoms with Gasteiger partial charge in [-0.25, -0.2) is 0 Å². The predicted octanol–water partition coefficient (Wildman–Crippen LogP) is 2.04. The standard InChI is InChI=1S/C14H27NO2/c1-2-8-15-9-4-6-14(16,7-10-15)13-5-3-11-17-12-13/h13,16H,2-12H2,1H3. The van der Waals surface area contributed by atoms with Crippen LogP contribution in [-0.2, 0) is 4.74 Å². The largest absolute Gasteiger partial charge is 0.389 e. The molecule has 1 N–H and O–H groups in total. The number of aliphatic hydroxyl groups is 1. The topological polar surface area (TPSA) is 32.7 Å². The van der Waals surface area contributed by atoms with Crippen molar-refractivity contribution in [2.45, 2.75) is 51.0 Å². The molecule has 0 saturated carbocycles. The number of hydrogen-bond donors (Lipinski definition) is 1. The summed E-state index contributed by atoms with van der Waals surface area (Å²) in [6.45, 7) is 7.27. The highest BCUT2D eigenvalue weighted by molar-refractivity contribution is 4.90. The molecule has 2 heterocycles. The normalized spacial score (nSPS) is 36.7. The van der Waals surface area contributed by atoms with Gasteiger partial charge in [0.15, 0.2) is 0 Å². The van der Waals surface area contributed by atoms with E-state index < -0.39 is 5.60 Å². The first-order valence-electron chi connectivity index (χ1n) is 7.27. The Kier molecular flexibility index (Phi) is 4.83. The Morgan fingerprint density at radius 2 is 2.18 bits per heavy atom. The van der Waals surface area contributed by atoms with Crippen LogP contribution in [0.15, 0.2) is 0 Å². The van der Waals surface area contributed by atoms with E-state index in [4.69, 9.17) is 4.74 Å². The molecular weight excluding hydrogens is 214 g/mol. The second-order valence-electron chi connectivity index (χ2n) is 5.71. The van der Waals surface area contributed by atoms with Crippen LogP contribution in [0.4, 0.5) is 0 Å². The molecule has 0 radical (unpaired) electrons. The van der Waals surface area contributed by atoms with Gasteiger partial charge in [0.25, 0.3) is 0 Å². The molecule has 3 nitrogen and oxygen atoms in total. The van der Waals surface area contributed by atoms with Gasteiger partial charge in [-0.3, -0.25) is 0 Å². The van der Waals surface area contributed by atoms with Crippen molar-refractivity contribution < 1.29 is 9.84 Å². The van der Waals surface area contributed by atoms with Gasteiger partial charge in [0.2, 0.25) is 0 Å². The molecule has 0 aromatic carbocycles. The second-order valence-corrected chi connectivity index (χ2v) is 5.71. The molecule has 2 aliphatic rings. The van der Waals surface area contributed by atoms with Crippen molar-refractivity contribution >= 4 is 0 Å². The summed E-state index contributed by atoms with van der Waals surface area (Å²) in [6.07, 6.45) is 6.50. The number of likely N-dealkylation sites (tertiary alicyclic amines) is 1. The molecular formula is C14H27NO2. The van der Waals surface area contributed by atoms with E-state index in [2.05, 4.69) is 11.8 Å². The molecule has 2 fully saturated rings. The lowest BCUT2D eigenvalue weighted by Gasteiger charge is -2.37. The summed E-state index contributed by atoms with van der Waals surface area (Å²) >= 11 is 0. The van der Waals surface area contributed by atoms with Crippen molar-refractivity contribution in [3.63, 3.8) is 0 Å². The lowest BCUT2D eigenvalue weighted by Crippen LogP contribution is -2.43. The first kappa shape index (κ1) is 13.3. The maximum atomic E-state index is 10.9. The third kappa shape index (κ3) is 3.43. The monoisotopic (exact) mass is 241 g/mol. The van der Waals surface area contributed by atoms with Crippen LogP contribution in [0.25, 0.3) is 0 Å². The zero-order valence-electron chi connectivity index (χ0n) is 11.2. The first-order chi connectivity index (χ1) is 8.24. The highest BCUT2D eigenvalue weighted by Crippen LogP contribution is 2.34. The number of hydrogen-bond acceptors (Lipinski definition) is 3. The summed E-state index contributed by atoms with van der Waals surface area (Å²) in [5.41, 5.74) is -0.455. The van der Waals surface area contributed by atoms with Gasteiger partial charge in [-0.1, -0.05) is 6.92 Å². The first-order valence-corrected chi connectivity index (χ1v) is 7.27. The molecule has 0 aliphatic carbocycles. The molecule has 0 aromatic rings. The molecule has 0 bridgehead atoms. The molecule has 2 atom stereocenters. The van der Waals surface area contributed by atoms with E-state index in [1.165, 1.54) is 13.0 Å². The average molecular weight is 241 g/mol. The molecule has 100 valence electrons. The Morgan fingerprint density at radius 3 is 2.88 bits per heavy atom. The van der Waals surface area contributed by atoms with Gasteiger partial charge in [-0.05, 0) is 51.6 Å². The highest BCUT2D eigenvalue weighted by Gasteiger charge is 2.38. The zero-order chi connectivity index (χ0) is 12.1. The second kappa shape index (κ2) is 6.17. The zero-order valence-corrected chi connectivity index (χ0v) is 11.2. The summed E-state index contributed by atoms with van der Waals surface area (Å²) in [6, 6.07) is 0. The summed E-state index contributed by atoms with van der Waals surface area (Å²) in [5, 5.41) is 10.9. The lowest BCUT2D eigenvalue weighted by atomic mass is 9.78. The van der Waals surface area contributed by atoms with E-state index in [-0.39, 0.29) is 0 Å². The molecule has 0 aromatic heterocycles. The minimum Gasteiger partial charge on any atom is -0.389 e. The smallest absolute Gasteiger partial charge is 0.0710 e. The van der Waals surface area contributed by atoms with Crippen LogP contribution in [0.3, 0.4) is 0 Å². The van der Waals surface area contributed by atoms with Gasteiger partial charge >= 0.3 is 0 Å². The summed E-state index contributed by atoms with van der Waals surface area (Å²) < 4.78 is 5.54. The third-order valence-corrected chi connectivity index (χ3v) is 4.41. The Morgan fingerprint density at radius 1 is 1.29 bits per heavy atom. The van der Waals surface area contributed by atoms with E-state index in [1.54, 1.807) is 0 Å². The molecule has 17 heavy (non-hydrogen) atoms. The Labute approximate surface area is 105 Å². The minimum absolute atomic E-state index is 0.373. The quantitative estimate of drug-likeness (QED) is 0.821. The Bertz CT molecular complexity index is 228. The van der Waals surface area contributed by atoms with Crippen molar-refractivity contribution in [1.29, 1.82) is 0 Å². The maximum Gasteiger partial charge on any atom is 0.0710 e. The van der Waals surface area contributed by atoms with E-state index in [1.807, 2.05) is 0 Å². The van der Waals surface area contributed by atoms with Gasteiger partial charge in [-0.2, -0.15) is 0 Å². The van der Waals surface area contributed by atoms with Crippen LogP contribution in [0.2, 0.25) is 0 Å². The Hall–Kier alpha value is -0.120. The molecule has 0 spiro atoms. The number of rotatable bonds is 3. The van der Waals surface area contributed by atoms with Crippen LogP contribution in [0.5, 0.6) is 0 Å². The van der Waals surface area contributed by atoms with Gasteiger partial charge < -0.3 is 14.7 Å². The number of nitrogens with zero attached hydrogens (tertiary/aromatic N) is 1. The van der Waals surface area contributed by atoms with Crippen molar-refractivity contribution in [2.75, 3.05) is 32.8 Å². The summed E-state index contributed by atoms with van der Waals surface area (Å²) in [5.74, 6) is 0.373. The number of ether oxygens (including phenoxy) is 1. The van der Waals surface area contributed by atoms with Crippen LogP contribution in [0.1, 0.15) is 45.4 Å². The van der Waals surface area contributed by atoms with Gasteiger partial charge in [0.05, 0.1) is 12.2 Å². The van der Waals surface area contributed by atoms with Crippen molar-refractivity contribution in [3.05, 3.63) is 0 Å². The van der Waals surface area contributed by atoms with Crippen LogP contribution in [0, 0.1) is 5.92 Å². The van der Waals surface area contributed by atoms with Gasteiger partial charge in [0.1, 0.15) is 0 Å². The lowest BCUT2D eigenvalue weighted by molar-refractivity contribution is -0.0865. The molecule has 2 saturated heterocycles. The molecule has 2 unspecified atom stereocenters. The SMILES string of the molecule is CCCN1CCCC(O)(C2CCCOC2)CC1. The van der Waals surface area contributed by atoms with E-state index in [0.717, 1.165) is 58.4 Å². The average Bonchev–Trinajstić information content (AvgIpc) is 2.55. The minimum atomic E-state index is -0.455. The summed E-state index contributed by atoms with van der Waals surface area (Å²) in [4.78, 5) is 2.50. The maximum absolute atomic E-state index is 10.9. The Balaban J connectivity index is 1.90. The molecule has 2 rings (SSSR count). The van der Waals surface area contributed by atoms with Gasteiger partial charge in [-0.15, -0.1) is 0 Å². The van der Waals surface area contributed by atoms with Crippen LogP contribution in [-0.4, -0.2) is 48.5 Å². The molecule has 2 aliphatic heterocycles. The van der Waals surface area contributed by atoms with Crippen LogP contribution >= 0.6 is 0 Å². The van der Waals surface area contributed by atoms with E-state index in [9.17, 15) is 5.11 Å². The van der Waals surface area contributed by atoms with Crippen LogP contribution < -0.4 is 0 Å². The fourth-order valence-corrected chi connectivity index (χ4v) is 3.31. The van der Waals surface area contributed by atoms with Crippen molar-refractivity contribution in [2.24, 2.45) is 5.92 Å². The summed E-state index contributed by atoms with van der Waals surface area (Å²) in [7, 11) is 0. The third-order valence-electron chi connectivity index (χ3n) is 4.41. The fraction of sp³-hybridized carbons (Fsp3) is 1.00. The van der Waals surface area contributed by atoms with Crippen molar-refractivity contribution in [1.82, 2.24) is 4.90 Å². The van der Waals surface area contributed by atoms with E-state index >= 15 is 0 Å². The predicted molar refractivity (Wildman–Crippen MR) is 69.1 cm³/mol.